The van der Waals surface area contributed by atoms with Crippen molar-refractivity contribution < 1.29 is 0 Å². The van der Waals surface area contributed by atoms with Gasteiger partial charge >= 0.3 is 0 Å². The number of hydrogen-bond acceptors (Lipinski definition) is 2. The second-order valence-electron chi connectivity index (χ2n) is 3.13. The molecule has 0 unspecified atom stereocenters. The summed E-state index contributed by atoms with van der Waals surface area (Å²) in [5.41, 5.74) is 0.971. The van der Waals surface area contributed by atoms with Crippen LogP contribution in [0.25, 0.3) is 0 Å². The molecule has 1 rings (SSSR count). The van der Waals surface area contributed by atoms with Crippen molar-refractivity contribution >= 4 is 11.6 Å². The zero-order valence-corrected chi connectivity index (χ0v) is 8.47. The predicted octanol–water partition coefficient (Wildman–Crippen LogP) is 1.41. The lowest BCUT2D eigenvalue weighted by atomic mass is 10.5. The molecule has 1 aromatic heterocycles. The zero-order chi connectivity index (χ0) is 9.14. The Balaban J connectivity index is 2.57. The van der Waals surface area contributed by atoms with E-state index in [4.69, 9.17) is 11.6 Å². The molecular weight excluding hydrogens is 174 g/mol. The van der Waals surface area contributed by atoms with Gasteiger partial charge in [0.15, 0.2) is 0 Å². The SMILES string of the molecule is Cc1cc(Cl)n(CCN(C)C)n1. The third-order valence-corrected chi connectivity index (χ3v) is 1.92. The lowest BCUT2D eigenvalue weighted by Gasteiger charge is -2.09. The maximum Gasteiger partial charge on any atom is 0.127 e. The van der Waals surface area contributed by atoms with Crippen LogP contribution in [0.15, 0.2) is 6.07 Å². The summed E-state index contributed by atoms with van der Waals surface area (Å²) in [4.78, 5) is 2.10. The molecule has 0 radical (unpaired) electrons. The van der Waals surface area contributed by atoms with E-state index in [1.807, 2.05) is 31.8 Å². The van der Waals surface area contributed by atoms with Crippen LogP contribution in [0.4, 0.5) is 0 Å². The van der Waals surface area contributed by atoms with Crippen molar-refractivity contribution in [3.8, 4) is 0 Å². The lowest BCUT2D eigenvalue weighted by molar-refractivity contribution is 0.373. The van der Waals surface area contributed by atoms with E-state index in [1.165, 1.54) is 0 Å². The third-order valence-electron chi connectivity index (χ3n) is 1.61. The number of rotatable bonds is 3. The van der Waals surface area contributed by atoms with E-state index in [2.05, 4.69) is 10.00 Å². The van der Waals surface area contributed by atoms with E-state index < -0.39 is 0 Å². The van der Waals surface area contributed by atoms with Crippen molar-refractivity contribution in [2.75, 3.05) is 20.6 Å². The normalized spacial score (nSPS) is 11.1. The number of hydrogen-bond donors (Lipinski definition) is 0. The molecule has 0 N–H and O–H groups in total. The van der Waals surface area contributed by atoms with E-state index in [-0.39, 0.29) is 0 Å². The molecule has 0 saturated heterocycles. The zero-order valence-electron chi connectivity index (χ0n) is 7.71. The minimum absolute atomic E-state index is 0.717. The molecule has 1 heterocycles. The van der Waals surface area contributed by atoms with Gasteiger partial charge in [-0.05, 0) is 27.1 Å². The summed E-state index contributed by atoms with van der Waals surface area (Å²) in [6.45, 7) is 3.75. The molecule has 68 valence electrons. The van der Waals surface area contributed by atoms with Crippen molar-refractivity contribution in [1.82, 2.24) is 14.7 Å². The van der Waals surface area contributed by atoms with Crippen LogP contribution in [0.5, 0.6) is 0 Å². The summed E-state index contributed by atoms with van der Waals surface area (Å²) in [5.74, 6) is 0. The highest BCUT2D eigenvalue weighted by atomic mass is 35.5. The molecule has 0 aliphatic carbocycles. The molecule has 0 fully saturated rings. The Labute approximate surface area is 77.9 Å². The van der Waals surface area contributed by atoms with Gasteiger partial charge in [0.25, 0.3) is 0 Å². The van der Waals surface area contributed by atoms with E-state index >= 15 is 0 Å². The quantitative estimate of drug-likeness (QED) is 0.714. The van der Waals surface area contributed by atoms with Gasteiger partial charge in [0, 0.05) is 6.54 Å². The van der Waals surface area contributed by atoms with Crippen molar-refractivity contribution in [1.29, 1.82) is 0 Å². The first kappa shape index (κ1) is 9.55. The average molecular weight is 188 g/mol. The Hall–Kier alpha value is -0.540. The Kier molecular flexibility index (Phi) is 3.12. The Bertz CT molecular complexity index is 255. The van der Waals surface area contributed by atoms with Gasteiger partial charge in [-0.3, -0.25) is 4.68 Å². The van der Waals surface area contributed by atoms with Crippen LogP contribution in [0.1, 0.15) is 5.69 Å². The van der Waals surface area contributed by atoms with Gasteiger partial charge in [-0.2, -0.15) is 5.10 Å². The largest absolute Gasteiger partial charge is 0.308 e. The number of nitrogens with zero attached hydrogens (tertiary/aromatic N) is 3. The fourth-order valence-electron chi connectivity index (χ4n) is 0.965. The summed E-state index contributed by atoms with van der Waals surface area (Å²) in [7, 11) is 4.06. The van der Waals surface area contributed by atoms with Crippen LogP contribution < -0.4 is 0 Å². The van der Waals surface area contributed by atoms with Crippen LogP contribution in [-0.4, -0.2) is 35.3 Å². The molecule has 0 aliphatic heterocycles. The fourth-order valence-corrected chi connectivity index (χ4v) is 1.25. The molecule has 4 heteroatoms. The molecule has 0 atom stereocenters. The third kappa shape index (κ3) is 2.50. The standard InChI is InChI=1S/C8H14ClN3/c1-7-6-8(9)12(10-7)5-4-11(2)3/h6H,4-5H2,1-3H3. The van der Waals surface area contributed by atoms with Gasteiger partial charge in [-0.1, -0.05) is 11.6 Å². The molecule has 1 aromatic rings. The van der Waals surface area contributed by atoms with Crippen LogP contribution in [0.3, 0.4) is 0 Å². The maximum atomic E-state index is 5.91. The van der Waals surface area contributed by atoms with Gasteiger partial charge in [0.1, 0.15) is 5.15 Å². The van der Waals surface area contributed by atoms with Crippen LogP contribution >= 0.6 is 11.6 Å². The molecule has 0 spiro atoms. The summed E-state index contributed by atoms with van der Waals surface area (Å²) < 4.78 is 1.82. The predicted molar refractivity (Wildman–Crippen MR) is 50.5 cm³/mol. The monoisotopic (exact) mass is 187 g/mol. The minimum atomic E-state index is 0.717. The average Bonchev–Trinajstić information content (AvgIpc) is 2.26. The topological polar surface area (TPSA) is 21.1 Å². The van der Waals surface area contributed by atoms with Crippen molar-refractivity contribution in [3.05, 3.63) is 16.9 Å². The Morgan fingerprint density at radius 1 is 1.58 bits per heavy atom. The summed E-state index contributed by atoms with van der Waals surface area (Å²) in [6.07, 6.45) is 0. The van der Waals surface area contributed by atoms with Crippen molar-refractivity contribution in [3.63, 3.8) is 0 Å². The summed E-state index contributed by atoms with van der Waals surface area (Å²) in [5, 5.41) is 4.96. The second kappa shape index (κ2) is 3.92. The molecule has 0 bridgehead atoms. The smallest absolute Gasteiger partial charge is 0.127 e. The van der Waals surface area contributed by atoms with Crippen molar-refractivity contribution in [2.45, 2.75) is 13.5 Å². The van der Waals surface area contributed by atoms with Gasteiger partial charge in [-0.15, -0.1) is 0 Å². The molecule has 3 nitrogen and oxygen atoms in total. The van der Waals surface area contributed by atoms with Gasteiger partial charge < -0.3 is 4.90 Å². The molecule has 12 heavy (non-hydrogen) atoms. The van der Waals surface area contributed by atoms with Gasteiger partial charge in [-0.25, -0.2) is 0 Å². The van der Waals surface area contributed by atoms with E-state index in [1.54, 1.807) is 0 Å². The highest BCUT2D eigenvalue weighted by Gasteiger charge is 2.01. The molecule has 0 aromatic carbocycles. The van der Waals surface area contributed by atoms with Gasteiger partial charge in [0.2, 0.25) is 0 Å². The van der Waals surface area contributed by atoms with Crippen LogP contribution in [0.2, 0.25) is 5.15 Å². The maximum absolute atomic E-state index is 5.91. The fraction of sp³-hybridized carbons (Fsp3) is 0.625. The van der Waals surface area contributed by atoms with E-state index in [0.29, 0.717) is 5.15 Å². The van der Waals surface area contributed by atoms with Gasteiger partial charge in [0.05, 0.1) is 12.2 Å². The number of halogens is 1. The van der Waals surface area contributed by atoms with E-state index in [0.717, 1.165) is 18.8 Å². The van der Waals surface area contributed by atoms with E-state index in [9.17, 15) is 0 Å². The molecule has 0 aliphatic rings. The second-order valence-corrected chi connectivity index (χ2v) is 3.52. The highest BCUT2D eigenvalue weighted by Crippen LogP contribution is 2.09. The summed E-state index contributed by atoms with van der Waals surface area (Å²) in [6, 6.07) is 1.87. The number of likely N-dealkylation sites (N-methyl/N-ethyl adjacent to an activating group) is 1. The number of aromatic nitrogens is 2. The first-order chi connectivity index (χ1) is 5.59. The van der Waals surface area contributed by atoms with Crippen molar-refractivity contribution in [2.24, 2.45) is 0 Å². The summed E-state index contributed by atoms with van der Waals surface area (Å²) >= 11 is 5.91. The Morgan fingerprint density at radius 3 is 2.67 bits per heavy atom. The molecule has 0 amide bonds. The Morgan fingerprint density at radius 2 is 2.25 bits per heavy atom. The lowest BCUT2D eigenvalue weighted by Crippen LogP contribution is -2.19. The molecule has 0 saturated carbocycles. The first-order valence-corrected chi connectivity index (χ1v) is 4.32. The van der Waals surface area contributed by atoms with Crippen LogP contribution in [-0.2, 0) is 6.54 Å². The van der Waals surface area contributed by atoms with Crippen LogP contribution in [0, 0.1) is 6.92 Å². The first-order valence-electron chi connectivity index (χ1n) is 3.94. The number of aryl methyl sites for hydroxylation is 1. The highest BCUT2D eigenvalue weighted by molar-refractivity contribution is 6.29. The minimum Gasteiger partial charge on any atom is -0.308 e. The molecular formula is C8H14ClN3.